The summed E-state index contributed by atoms with van der Waals surface area (Å²) in [6.45, 7) is 1.14. The maximum absolute atomic E-state index is 13.6. The first kappa shape index (κ1) is 20.1. The first-order valence-electron chi connectivity index (χ1n) is 10.6. The van der Waals surface area contributed by atoms with Crippen LogP contribution in [0.2, 0.25) is 0 Å². The molecule has 2 aromatic heterocycles. The van der Waals surface area contributed by atoms with Crippen molar-refractivity contribution in [3.05, 3.63) is 90.3 Å². The van der Waals surface area contributed by atoms with Crippen LogP contribution in [-0.4, -0.2) is 43.8 Å². The van der Waals surface area contributed by atoms with Gasteiger partial charge in [0.25, 0.3) is 5.91 Å². The number of hydrogen-bond donors (Lipinski definition) is 0. The van der Waals surface area contributed by atoms with Crippen molar-refractivity contribution in [2.45, 2.75) is 24.8 Å². The normalized spacial score (nSPS) is 17.3. The van der Waals surface area contributed by atoms with E-state index in [4.69, 9.17) is 4.52 Å². The van der Waals surface area contributed by atoms with Gasteiger partial charge in [-0.25, -0.2) is 4.39 Å². The molecule has 0 spiro atoms. The first-order valence-corrected chi connectivity index (χ1v) is 10.6. The molecule has 1 fully saturated rings. The van der Waals surface area contributed by atoms with E-state index in [1.54, 1.807) is 29.2 Å². The van der Waals surface area contributed by atoms with Crippen LogP contribution in [-0.2, 0) is 4.79 Å². The molecule has 0 saturated carbocycles. The Balaban J connectivity index is 1.37. The SMILES string of the molecule is O=C(C(c1ccccc1)n1cccn1)N1CCCC(c2nc(-c3cccc(F)c3)no2)C1. The Labute approximate surface area is 184 Å². The van der Waals surface area contributed by atoms with E-state index in [2.05, 4.69) is 15.2 Å². The standard InChI is InChI=1S/C24H22FN5O2/c25-20-11-4-9-18(15-20)22-27-23(32-28-22)19-10-5-13-29(16-19)24(31)21(30-14-6-12-26-30)17-7-2-1-3-8-17/h1-4,6-9,11-12,14-15,19,21H,5,10,13,16H2. The highest BCUT2D eigenvalue weighted by atomic mass is 19.1. The van der Waals surface area contributed by atoms with E-state index in [1.165, 1.54) is 12.1 Å². The van der Waals surface area contributed by atoms with Gasteiger partial charge in [-0.1, -0.05) is 47.6 Å². The van der Waals surface area contributed by atoms with Crippen LogP contribution in [0.3, 0.4) is 0 Å². The number of carbonyl (C=O) groups excluding carboxylic acids is 1. The number of carbonyl (C=O) groups is 1. The number of piperidine rings is 1. The quantitative estimate of drug-likeness (QED) is 0.476. The lowest BCUT2D eigenvalue weighted by molar-refractivity contribution is -0.135. The molecule has 2 atom stereocenters. The Morgan fingerprint density at radius 3 is 2.78 bits per heavy atom. The molecule has 5 rings (SSSR count). The molecule has 0 radical (unpaired) electrons. The molecular formula is C24H22FN5O2. The highest BCUT2D eigenvalue weighted by Gasteiger charge is 2.33. The zero-order chi connectivity index (χ0) is 21.9. The van der Waals surface area contributed by atoms with E-state index in [0.717, 1.165) is 18.4 Å². The Morgan fingerprint density at radius 2 is 2.00 bits per heavy atom. The molecule has 2 unspecified atom stereocenters. The predicted octanol–water partition coefficient (Wildman–Crippen LogP) is 4.07. The largest absolute Gasteiger partial charge is 0.340 e. The van der Waals surface area contributed by atoms with Gasteiger partial charge in [-0.15, -0.1) is 0 Å². The molecule has 32 heavy (non-hydrogen) atoms. The molecule has 162 valence electrons. The fourth-order valence-electron chi connectivity index (χ4n) is 4.17. The fraction of sp³-hybridized carbons (Fsp3) is 0.250. The number of benzene rings is 2. The van der Waals surface area contributed by atoms with Gasteiger partial charge in [-0.2, -0.15) is 10.1 Å². The number of halogens is 1. The summed E-state index contributed by atoms with van der Waals surface area (Å²) in [5, 5.41) is 8.35. The molecule has 1 aliphatic rings. The Kier molecular flexibility index (Phi) is 5.49. The molecule has 0 N–H and O–H groups in total. The predicted molar refractivity (Wildman–Crippen MR) is 115 cm³/mol. The molecule has 0 aliphatic carbocycles. The van der Waals surface area contributed by atoms with Gasteiger partial charge in [0.2, 0.25) is 11.7 Å². The van der Waals surface area contributed by atoms with Crippen molar-refractivity contribution in [2.75, 3.05) is 13.1 Å². The molecule has 8 heteroatoms. The number of aromatic nitrogens is 4. The Morgan fingerprint density at radius 1 is 1.12 bits per heavy atom. The Hall–Kier alpha value is -3.81. The van der Waals surface area contributed by atoms with Crippen LogP contribution in [0.15, 0.2) is 77.6 Å². The van der Waals surface area contributed by atoms with Crippen molar-refractivity contribution in [3.8, 4) is 11.4 Å². The van der Waals surface area contributed by atoms with Crippen molar-refractivity contribution in [1.29, 1.82) is 0 Å². The average Bonchev–Trinajstić information content (AvgIpc) is 3.53. The summed E-state index contributed by atoms with van der Waals surface area (Å²) in [5.74, 6) is 0.374. The molecule has 0 bridgehead atoms. The van der Waals surface area contributed by atoms with Gasteiger partial charge in [0.1, 0.15) is 5.82 Å². The van der Waals surface area contributed by atoms with E-state index >= 15 is 0 Å². The van der Waals surface area contributed by atoms with Crippen LogP contribution in [0, 0.1) is 5.82 Å². The van der Waals surface area contributed by atoms with Gasteiger partial charge in [0.05, 0.1) is 5.92 Å². The topological polar surface area (TPSA) is 77.1 Å². The molecule has 2 aromatic carbocycles. The van der Waals surface area contributed by atoms with Crippen molar-refractivity contribution in [3.63, 3.8) is 0 Å². The van der Waals surface area contributed by atoms with E-state index in [9.17, 15) is 9.18 Å². The third-order valence-electron chi connectivity index (χ3n) is 5.75. The average molecular weight is 431 g/mol. The lowest BCUT2D eigenvalue weighted by atomic mass is 9.96. The summed E-state index contributed by atoms with van der Waals surface area (Å²) < 4.78 is 20.7. The second-order valence-electron chi connectivity index (χ2n) is 7.89. The number of hydrogen-bond acceptors (Lipinski definition) is 5. The number of nitrogens with zero attached hydrogens (tertiary/aromatic N) is 5. The van der Waals surface area contributed by atoms with Crippen molar-refractivity contribution in [1.82, 2.24) is 24.8 Å². The summed E-state index contributed by atoms with van der Waals surface area (Å²) in [4.78, 5) is 19.9. The van der Waals surface area contributed by atoms with Crippen LogP contribution >= 0.6 is 0 Å². The second kappa shape index (κ2) is 8.74. The maximum Gasteiger partial charge on any atom is 0.252 e. The van der Waals surface area contributed by atoms with Crippen molar-refractivity contribution in [2.24, 2.45) is 0 Å². The molecule has 1 saturated heterocycles. The highest BCUT2D eigenvalue weighted by molar-refractivity contribution is 5.83. The third-order valence-corrected chi connectivity index (χ3v) is 5.75. The zero-order valence-corrected chi connectivity index (χ0v) is 17.3. The summed E-state index contributed by atoms with van der Waals surface area (Å²) in [5.41, 5.74) is 1.45. The molecule has 4 aromatic rings. The second-order valence-corrected chi connectivity index (χ2v) is 7.89. The van der Waals surface area contributed by atoms with E-state index < -0.39 is 6.04 Å². The summed E-state index contributed by atoms with van der Waals surface area (Å²) in [6, 6.07) is 17.0. The van der Waals surface area contributed by atoms with Crippen molar-refractivity contribution < 1.29 is 13.7 Å². The lowest BCUT2D eigenvalue weighted by Crippen LogP contribution is -2.43. The number of amides is 1. The lowest BCUT2D eigenvalue weighted by Gasteiger charge is -2.33. The van der Waals surface area contributed by atoms with Crippen LogP contribution < -0.4 is 0 Å². The zero-order valence-electron chi connectivity index (χ0n) is 17.3. The minimum Gasteiger partial charge on any atom is -0.340 e. The Bertz CT molecular complexity index is 1190. The molecule has 1 amide bonds. The molecular weight excluding hydrogens is 409 g/mol. The van der Waals surface area contributed by atoms with Crippen LogP contribution in [0.25, 0.3) is 11.4 Å². The van der Waals surface area contributed by atoms with E-state index in [0.29, 0.717) is 30.4 Å². The fourth-order valence-corrected chi connectivity index (χ4v) is 4.17. The minimum atomic E-state index is -0.532. The first-order chi connectivity index (χ1) is 15.7. The van der Waals surface area contributed by atoms with Gasteiger partial charge in [0.15, 0.2) is 6.04 Å². The summed E-state index contributed by atoms with van der Waals surface area (Å²) >= 11 is 0. The van der Waals surface area contributed by atoms with Crippen molar-refractivity contribution >= 4 is 5.91 Å². The monoisotopic (exact) mass is 431 g/mol. The maximum atomic E-state index is 13.6. The highest BCUT2D eigenvalue weighted by Crippen LogP contribution is 2.30. The van der Waals surface area contributed by atoms with Gasteiger partial charge >= 0.3 is 0 Å². The summed E-state index contributed by atoms with van der Waals surface area (Å²) in [7, 11) is 0. The molecule has 3 heterocycles. The van der Waals surface area contributed by atoms with Gasteiger partial charge < -0.3 is 9.42 Å². The van der Waals surface area contributed by atoms with Gasteiger partial charge in [0, 0.05) is 31.0 Å². The van der Waals surface area contributed by atoms with Gasteiger partial charge in [-0.05, 0) is 36.6 Å². The number of likely N-dealkylation sites (tertiary alicyclic amines) is 1. The van der Waals surface area contributed by atoms with Crippen LogP contribution in [0.4, 0.5) is 4.39 Å². The minimum absolute atomic E-state index is 0.0190. The smallest absolute Gasteiger partial charge is 0.252 e. The van der Waals surface area contributed by atoms with Crippen LogP contribution in [0.5, 0.6) is 0 Å². The van der Waals surface area contributed by atoms with Crippen LogP contribution in [0.1, 0.15) is 36.3 Å². The third kappa shape index (κ3) is 4.03. The van der Waals surface area contributed by atoms with E-state index in [1.807, 2.05) is 41.3 Å². The molecule has 7 nitrogen and oxygen atoms in total. The molecule has 1 aliphatic heterocycles. The summed E-state index contributed by atoms with van der Waals surface area (Å²) in [6.07, 6.45) is 5.15. The van der Waals surface area contributed by atoms with Gasteiger partial charge in [-0.3, -0.25) is 9.48 Å². The van der Waals surface area contributed by atoms with E-state index in [-0.39, 0.29) is 17.6 Å². The number of rotatable bonds is 5.